The Kier molecular flexibility index (Phi) is 6.76. The molecule has 3 fully saturated rings. The van der Waals surface area contributed by atoms with Crippen LogP contribution in [0.3, 0.4) is 0 Å². The molecule has 1 heterocycles. The third-order valence-corrected chi connectivity index (χ3v) is 6.98. The fourth-order valence-electron chi connectivity index (χ4n) is 5.01. The SMILES string of the molecule is O=CC1CCC(C(=O)Oc2ccc(OC(=O)C3CCC4C(=O)OC(=O)C4C3)cc2)CC1C(=O)O. The predicted octanol–water partition coefficient (Wildman–Crippen LogP) is 1.93. The molecule has 6 unspecified atom stereocenters. The van der Waals surface area contributed by atoms with E-state index in [9.17, 15) is 33.9 Å². The number of rotatable bonds is 6. The largest absolute Gasteiger partial charge is 0.481 e. The summed E-state index contributed by atoms with van der Waals surface area (Å²) in [5, 5.41) is 9.30. The third kappa shape index (κ3) is 4.85. The lowest BCUT2D eigenvalue weighted by Gasteiger charge is -2.29. The molecule has 1 aromatic rings. The highest BCUT2D eigenvalue weighted by molar-refractivity contribution is 5.97. The molecule has 0 radical (unpaired) electrons. The average Bonchev–Trinajstić information content (AvgIpc) is 3.12. The van der Waals surface area contributed by atoms with Crippen LogP contribution in [0.15, 0.2) is 24.3 Å². The molecule has 10 nitrogen and oxygen atoms in total. The van der Waals surface area contributed by atoms with E-state index < -0.39 is 65.4 Å². The van der Waals surface area contributed by atoms with Crippen molar-refractivity contribution in [2.75, 3.05) is 0 Å². The monoisotopic (exact) mass is 472 g/mol. The number of aldehydes is 1. The van der Waals surface area contributed by atoms with Crippen molar-refractivity contribution in [2.45, 2.75) is 38.5 Å². The number of carboxylic acids is 1. The number of fused-ring (bicyclic) bond motifs is 1. The van der Waals surface area contributed by atoms with Crippen LogP contribution in [0, 0.1) is 35.5 Å². The molecule has 6 atom stereocenters. The van der Waals surface area contributed by atoms with Gasteiger partial charge in [-0.15, -0.1) is 0 Å². The van der Waals surface area contributed by atoms with Gasteiger partial charge < -0.3 is 24.1 Å². The third-order valence-electron chi connectivity index (χ3n) is 6.98. The summed E-state index contributed by atoms with van der Waals surface area (Å²) in [6, 6.07) is 5.83. The molecule has 0 aromatic heterocycles. The molecule has 1 aliphatic heterocycles. The lowest BCUT2D eigenvalue weighted by Crippen LogP contribution is -2.36. The summed E-state index contributed by atoms with van der Waals surface area (Å²) in [4.78, 5) is 70.9. The number of hydrogen-bond donors (Lipinski definition) is 1. The number of ether oxygens (including phenoxy) is 3. The van der Waals surface area contributed by atoms with Crippen molar-refractivity contribution < 1.29 is 48.1 Å². The maximum absolute atomic E-state index is 12.5. The first kappa shape index (κ1) is 23.6. The van der Waals surface area contributed by atoms with Gasteiger partial charge in [-0.2, -0.15) is 0 Å². The molecule has 34 heavy (non-hydrogen) atoms. The summed E-state index contributed by atoms with van der Waals surface area (Å²) >= 11 is 0. The molecule has 0 spiro atoms. The highest BCUT2D eigenvalue weighted by Crippen LogP contribution is 2.40. The predicted molar refractivity (Wildman–Crippen MR) is 111 cm³/mol. The topological polar surface area (TPSA) is 150 Å². The molecular formula is C24H24O10. The van der Waals surface area contributed by atoms with Crippen LogP contribution in [-0.4, -0.2) is 41.2 Å². The Morgan fingerprint density at radius 2 is 1.35 bits per heavy atom. The van der Waals surface area contributed by atoms with Crippen molar-refractivity contribution in [1.82, 2.24) is 0 Å². The fraction of sp³-hybridized carbons (Fsp3) is 0.500. The smallest absolute Gasteiger partial charge is 0.317 e. The van der Waals surface area contributed by atoms with E-state index in [0.29, 0.717) is 32.0 Å². The maximum atomic E-state index is 12.5. The van der Waals surface area contributed by atoms with Gasteiger partial charge in [0.05, 0.1) is 29.6 Å². The summed E-state index contributed by atoms with van der Waals surface area (Å²) in [6.45, 7) is 0. The van der Waals surface area contributed by atoms with Gasteiger partial charge in [-0.05, 0) is 62.8 Å². The van der Waals surface area contributed by atoms with E-state index in [1.807, 2.05) is 0 Å². The number of cyclic esters (lactones) is 2. The molecule has 2 saturated carbocycles. The second-order valence-electron chi connectivity index (χ2n) is 9.03. The van der Waals surface area contributed by atoms with Crippen molar-refractivity contribution >= 4 is 36.1 Å². The Labute approximate surface area is 194 Å². The van der Waals surface area contributed by atoms with Crippen LogP contribution in [-0.2, 0) is 33.5 Å². The lowest BCUT2D eigenvalue weighted by atomic mass is 9.74. The molecular weight excluding hydrogens is 448 g/mol. The van der Waals surface area contributed by atoms with Crippen LogP contribution in [0.25, 0.3) is 0 Å². The van der Waals surface area contributed by atoms with Crippen molar-refractivity contribution in [2.24, 2.45) is 35.5 Å². The first-order valence-corrected chi connectivity index (χ1v) is 11.2. The first-order valence-electron chi connectivity index (χ1n) is 11.2. The quantitative estimate of drug-likeness (QED) is 0.281. The molecule has 1 aromatic carbocycles. The Morgan fingerprint density at radius 1 is 0.824 bits per heavy atom. The van der Waals surface area contributed by atoms with Crippen molar-refractivity contribution in [3.8, 4) is 11.5 Å². The average molecular weight is 472 g/mol. The number of aliphatic carboxylic acids is 1. The molecule has 0 bridgehead atoms. The second kappa shape index (κ2) is 9.74. The van der Waals surface area contributed by atoms with Gasteiger partial charge in [0.15, 0.2) is 0 Å². The number of carboxylic acid groups (broad SMARTS) is 1. The Hall–Kier alpha value is -3.56. The molecule has 3 aliphatic rings. The lowest BCUT2D eigenvalue weighted by molar-refractivity contribution is -0.154. The van der Waals surface area contributed by atoms with Gasteiger partial charge in [-0.25, -0.2) is 0 Å². The van der Waals surface area contributed by atoms with E-state index >= 15 is 0 Å². The zero-order valence-electron chi connectivity index (χ0n) is 18.2. The summed E-state index contributed by atoms with van der Waals surface area (Å²) in [5.74, 6) is -6.63. The van der Waals surface area contributed by atoms with Gasteiger partial charge >= 0.3 is 29.8 Å². The molecule has 1 N–H and O–H groups in total. The number of carbonyl (C=O) groups excluding carboxylic acids is 5. The Bertz CT molecular complexity index is 974. The first-order chi connectivity index (χ1) is 16.3. The maximum Gasteiger partial charge on any atom is 0.317 e. The Balaban J connectivity index is 1.30. The minimum absolute atomic E-state index is 0.0374. The molecule has 4 rings (SSSR count). The van der Waals surface area contributed by atoms with Crippen LogP contribution in [0.1, 0.15) is 38.5 Å². The molecule has 2 aliphatic carbocycles. The van der Waals surface area contributed by atoms with Gasteiger partial charge in [0.1, 0.15) is 17.8 Å². The Morgan fingerprint density at radius 3 is 1.91 bits per heavy atom. The number of carbonyl (C=O) groups is 6. The summed E-state index contributed by atoms with van der Waals surface area (Å²) in [5.41, 5.74) is 0. The van der Waals surface area contributed by atoms with Crippen molar-refractivity contribution in [1.29, 1.82) is 0 Å². The number of benzene rings is 1. The van der Waals surface area contributed by atoms with E-state index in [0.717, 1.165) is 0 Å². The summed E-state index contributed by atoms with van der Waals surface area (Å²) in [6.07, 6.45) is 2.35. The fourth-order valence-corrected chi connectivity index (χ4v) is 5.01. The van der Waals surface area contributed by atoms with Gasteiger partial charge in [-0.1, -0.05) is 0 Å². The van der Waals surface area contributed by atoms with Crippen LogP contribution >= 0.6 is 0 Å². The van der Waals surface area contributed by atoms with Gasteiger partial charge in [-0.3, -0.25) is 24.0 Å². The highest BCUT2D eigenvalue weighted by Gasteiger charge is 2.49. The summed E-state index contributed by atoms with van der Waals surface area (Å²) < 4.78 is 15.4. The number of hydrogen-bond acceptors (Lipinski definition) is 9. The molecule has 10 heteroatoms. The minimum Gasteiger partial charge on any atom is -0.481 e. The van der Waals surface area contributed by atoms with Gasteiger partial charge in [0.25, 0.3) is 0 Å². The standard InChI is InChI=1S/C24H24O10/c25-11-14-2-1-12(9-18(14)20(26)27)21(28)32-15-4-6-16(7-5-15)33-22(29)13-3-8-17-19(10-13)24(31)34-23(17)30/h4-7,11-14,17-19H,1-3,8-10H2,(H,26,27). The van der Waals surface area contributed by atoms with E-state index in [2.05, 4.69) is 4.74 Å². The van der Waals surface area contributed by atoms with Crippen LogP contribution in [0.2, 0.25) is 0 Å². The van der Waals surface area contributed by atoms with E-state index in [4.69, 9.17) is 9.47 Å². The molecule has 0 amide bonds. The van der Waals surface area contributed by atoms with Crippen molar-refractivity contribution in [3.05, 3.63) is 24.3 Å². The zero-order chi connectivity index (χ0) is 24.4. The van der Waals surface area contributed by atoms with Crippen LogP contribution in [0.5, 0.6) is 11.5 Å². The summed E-state index contributed by atoms with van der Waals surface area (Å²) in [7, 11) is 0. The minimum atomic E-state index is -1.11. The normalized spacial score (nSPS) is 30.6. The number of esters is 4. The van der Waals surface area contributed by atoms with Gasteiger partial charge in [0, 0.05) is 5.92 Å². The van der Waals surface area contributed by atoms with E-state index in [1.54, 1.807) is 0 Å². The van der Waals surface area contributed by atoms with Crippen LogP contribution in [0.4, 0.5) is 0 Å². The zero-order valence-corrected chi connectivity index (χ0v) is 18.2. The van der Waals surface area contributed by atoms with E-state index in [-0.39, 0.29) is 24.3 Å². The van der Waals surface area contributed by atoms with Gasteiger partial charge in [0.2, 0.25) is 0 Å². The second-order valence-corrected chi connectivity index (χ2v) is 9.03. The van der Waals surface area contributed by atoms with E-state index in [1.165, 1.54) is 24.3 Å². The highest BCUT2D eigenvalue weighted by atomic mass is 16.6. The molecule has 1 saturated heterocycles. The van der Waals surface area contributed by atoms with Crippen molar-refractivity contribution in [3.63, 3.8) is 0 Å². The molecule has 180 valence electrons. The van der Waals surface area contributed by atoms with Crippen LogP contribution < -0.4 is 9.47 Å².